The number of hydrogen-bond acceptors (Lipinski definition) is 3. The second-order valence-electron chi connectivity index (χ2n) is 4.30. The summed E-state index contributed by atoms with van der Waals surface area (Å²) in [6.07, 6.45) is -5.53. The average Bonchev–Trinajstić information content (AvgIpc) is 2.36. The van der Waals surface area contributed by atoms with Crippen molar-refractivity contribution in [2.24, 2.45) is 0 Å². The Labute approximate surface area is 119 Å². The van der Waals surface area contributed by atoms with E-state index in [1.807, 2.05) is 0 Å². The van der Waals surface area contributed by atoms with Crippen LogP contribution >= 0.6 is 0 Å². The summed E-state index contributed by atoms with van der Waals surface area (Å²) in [6.45, 7) is 1.30. The van der Waals surface area contributed by atoms with Crippen LogP contribution < -0.4 is 15.4 Å². The van der Waals surface area contributed by atoms with Gasteiger partial charge in [-0.15, -0.1) is 0 Å². The molecule has 0 radical (unpaired) electrons. The second kappa shape index (κ2) is 6.96. The molecule has 0 aliphatic carbocycles. The maximum atomic E-state index is 12.0. The molecule has 0 saturated carbocycles. The third-order valence-corrected chi connectivity index (χ3v) is 2.32. The molecule has 1 aromatic carbocycles. The standard InChI is InChI=1S/C13H15F3N2O3/c1-8(12(20)17-7-13(14,15)16)21-11-5-3-10(4-6-11)18-9(2)19/h3-6,8H,7H2,1-2H3,(H,17,20)(H,18,19). The molecule has 0 bridgehead atoms. The first-order chi connectivity index (χ1) is 9.67. The summed E-state index contributed by atoms with van der Waals surface area (Å²) in [6, 6.07) is 6.10. The van der Waals surface area contributed by atoms with Gasteiger partial charge in [0.2, 0.25) is 5.91 Å². The maximum absolute atomic E-state index is 12.0. The molecule has 0 heterocycles. The van der Waals surface area contributed by atoms with Gasteiger partial charge in [-0.25, -0.2) is 0 Å². The van der Waals surface area contributed by atoms with Crippen molar-refractivity contribution in [2.75, 3.05) is 11.9 Å². The van der Waals surface area contributed by atoms with Gasteiger partial charge in [-0.05, 0) is 31.2 Å². The lowest BCUT2D eigenvalue weighted by Crippen LogP contribution is -2.41. The van der Waals surface area contributed by atoms with Crippen molar-refractivity contribution >= 4 is 17.5 Å². The summed E-state index contributed by atoms with van der Waals surface area (Å²) in [5.74, 6) is -0.791. The highest BCUT2D eigenvalue weighted by atomic mass is 19.4. The molecule has 1 rings (SSSR count). The number of ether oxygens (including phenoxy) is 1. The van der Waals surface area contributed by atoms with E-state index in [4.69, 9.17) is 4.74 Å². The number of carbonyl (C=O) groups is 2. The maximum Gasteiger partial charge on any atom is 0.405 e. The number of benzene rings is 1. The van der Waals surface area contributed by atoms with Crippen LogP contribution in [0, 0.1) is 0 Å². The Bertz CT molecular complexity index is 500. The van der Waals surface area contributed by atoms with E-state index in [1.165, 1.54) is 26.0 Å². The molecule has 1 unspecified atom stereocenters. The summed E-state index contributed by atoms with van der Waals surface area (Å²) < 4.78 is 41.1. The zero-order chi connectivity index (χ0) is 16.0. The predicted molar refractivity (Wildman–Crippen MR) is 69.9 cm³/mol. The molecule has 8 heteroatoms. The van der Waals surface area contributed by atoms with Crippen molar-refractivity contribution in [3.8, 4) is 5.75 Å². The molecule has 0 aromatic heterocycles. The minimum Gasteiger partial charge on any atom is -0.481 e. The Morgan fingerprint density at radius 2 is 1.81 bits per heavy atom. The highest BCUT2D eigenvalue weighted by molar-refractivity contribution is 5.88. The quantitative estimate of drug-likeness (QED) is 0.875. The van der Waals surface area contributed by atoms with Crippen molar-refractivity contribution in [3.63, 3.8) is 0 Å². The van der Waals surface area contributed by atoms with E-state index in [0.29, 0.717) is 11.4 Å². The summed E-state index contributed by atoms with van der Waals surface area (Å²) in [5, 5.41) is 4.28. The molecular formula is C13H15F3N2O3. The van der Waals surface area contributed by atoms with Crippen LogP contribution in [0.1, 0.15) is 13.8 Å². The smallest absolute Gasteiger partial charge is 0.405 e. The van der Waals surface area contributed by atoms with Crippen molar-refractivity contribution < 1.29 is 27.5 Å². The summed E-state index contributed by atoms with van der Waals surface area (Å²) >= 11 is 0. The van der Waals surface area contributed by atoms with E-state index >= 15 is 0 Å². The minimum atomic E-state index is -4.46. The van der Waals surface area contributed by atoms with E-state index in [2.05, 4.69) is 5.32 Å². The molecule has 1 atom stereocenters. The van der Waals surface area contributed by atoms with Crippen molar-refractivity contribution in [3.05, 3.63) is 24.3 Å². The van der Waals surface area contributed by atoms with Crippen LogP contribution in [-0.2, 0) is 9.59 Å². The number of rotatable bonds is 5. The van der Waals surface area contributed by atoms with Gasteiger partial charge in [0, 0.05) is 12.6 Å². The van der Waals surface area contributed by atoms with Gasteiger partial charge in [-0.3, -0.25) is 9.59 Å². The van der Waals surface area contributed by atoms with Crippen LogP contribution in [0.5, 0.6) is 5.75 Å². The van der Waals surface area contributed by atoms with Crippen LogP contribution in [0.4, 0.5) is 18.9 Å². The average molecular weight is 304 g/mol. The number of alkyl halides is 3. The highest BCUT2D eigenvalue weighted by Gasteiger charge is 2.29. The van der Waals surface area contributed by atoms with Crippen LogP contribution in [0.3, 0.4) is 0 Å². The lowest BCUT2D eigenvalue weighted by atomic mass is 10.3. The molecule has 116 valence electrons. The van der Waals surface area contributed by atoms with Crippen molar-refractivity contribution in [2.45, 2.75) is 26.1 Å². The van der Waals surface area contributed by atoms with Crippen LogP contribution in [-0.4, -0.2) is 30.6 Å². The monoisotopic (exact) mass is 304 g/mol. The van der Waals surface area contributed by atoms with Gasteiger partial charge >= 0.3 is 6.18 Å². The normalized spacial score (nSPS) is 12.4. The van der Waals surface area contributed by atoms with Gasteiger partial charge in [-0.1, -0.05) is 0 Å². The first-order valence-corrected chi connectivity index (χ1v) is 6.06. The Morgan fingerprint density at radius 3 is 2.29 bits per heavy atom. The molecule has 0 saturated heterocycles. The lowest BCUT2D eigenvalue weighted by molar-refractivity contribution is -0.142. The van der Waals surface area contributed by atoms with E-state index in [-0.39, 0.29) is 5.91 Å². The number of carbonyl (C=O) groups excluding carboxylic acids is 2. The lowest BCUT2D eigenvalue weighted by Gasteiger charge is -2.15. The van der Waals surface area contributed by atoms with Gasteiger partial charge in [0.25, 0.3) is 5.91 Å². The fourth-order valence-corrected chi connectivity index (χ4v) is 1.41. The molecule has 1 aromatic rings. The van der Waals surface area contributed by atoms with E-state index in [9.17, 15) is 22.8 Å². The summed E-state index contributed by atoms with van der Waals surface area (Å²) in [5.41, 5.74) is 0.545. The highest BCUT2D eigenvalue weighted by Crippen LogP contribution is 2.17. The Hall–Kier alpha value is -2.25. The molecule has 2 amide bonds. The minimum absolute atomic E-state index is 0.233. The van der Waals surface area contributed by atoms with Gasteiger partial charge in [-0.2, -0.15) is 13.2 Å². The van der Waals surface area contributed by atoms with Crippen LogP contribution in [0.15, 0.2) is 24.3 Å². The summed E-state index contributed by atoms with van der Waals surface area (Å²) in [7, 11) is 0. The zero-order valence-electron chi connectivity index (χ0n) is 11.5. The van der Waals surface area contributed by atoms with Gasteiger partial charge < -0.3 is 15.4 Å². The topological polar surface area (TPSA) is 67.4 Å². The van der Waals surface area contributed by atoms with Crippen molar-refractivity contribution in [1.82, 2.24) is 5.32 Å². The van der Waals surface area contributed by atoms with E-state index in [1.54, 1.807) is 17.4 Å². The number of hydrogen-bond donors (Lipinski definition) is 2. The third kappa shape index (κ3) is 6.64. The largest absolute Gasteiger partial charge is 0.481 e. The number of anilines is 1. The Kier molecular flexibility index (Phi) is 5.57. The van der Waals surface area contributed by atoms with Crippen LogP contribution in [0.2, 0.25) is 0 Å². The first kappa shape index (κ1) is 16.8. The molecule has 0 aliphatic rings. The molecule has 2 N–H and O–H groups in total. The first-order valence-electron chi connectivity index (χ1n) is 6.06. The zero-order valence-corrected chi connectivity index (χ0v) is 11.5. The second-order valence-corrected chi connectivity index (χ2v) is 4.30. The predicted octanol–water partition coefficient (Wildman–Crippen LogP) is 2.09. The SMILES string of the molecule is CC(=O)Nc1ccc(OC(C)C(=O)NCC(F)(F)F)cc1. The molecule has 0 fully saturated rings. The van der Waals surface area contributed by atoms with E-state index in [0.717, 1.165) is 0 Å². The fourth-order valence-electron chi connectivity index (χ4n) is 1.41. The molecule has 0 spiro atoms. The molecule has 21 heavy (non-hydrogen) atoms. The van der Waals surface area contributed by atoms with Gasteiger partial charge in [0.1, 0.15) is 12.3 Å². The molecule has 0 aliphatic heterocycles. The van der Waals surface area contributed by atoms with Gasteiger partial charge in [0.15, 0.2) is 6.10 Å². The third-order valence-electron chi connectivity index (χ3n) is 2.32. The van der Waals surface area contributed by atoms with E-state index < -0.39 is 24.7 Å². The fraction of sp³-hybridized carbons (Fsp3) is 0.385. The van der Waals surface area contributed by atoms with Crippen LogP contribution in [0.25, 0.3) is 0 Å². The van der Waals surface area contributed by atoms with Crippen molar-refractivity contribution in [1.29, 1.82) is 0 Å². The Balaban J connectivity index is 2.52. The number of nitrogens with one attached hydrogen (secondary N) is 2. The van der Waals surface area contributed by atoms with Gasteiger partial charge in [0.05, 0.1) is 0 Å². The number of amides is 2. The molecular weight excluding hydrogens is 289 g/mol. The molecule has 5 nitrogen and oxygen atoms in total. The summed E-state index contributed by atoms with van der Waals surface area (Å²) in [4.78, 5) is 22.2. The number of halogens is 3. The Morgan fingerprint density at radius 1 is 1.24 bits per heavy atom.